The third kappa shape index (κ3) is 4.52. The smallest absolute Gasteiger partial charge is 0.257 e. The van der Waals surface area contributed by atoms with Gasteiger partial charge in [-0.1, -0.05) is 0 Å². The largest absolute Gasteiger partial charge is 0.323 e. The van der Waals surface area contributed by atoms with Gasteiger partial charge in [0.25, 0.3) is 5.91 Å². The lowest BCUT2D eigenvalue weighted by molar-refractivity contribution is 0.102. The number of imidazole rings is 2. The van der Waals surface area contributed by atoms with Crippen molar-refractivity contribution in [3.63, 3.8) is 0 Å². The molecule has 5 heterocycles. The average molecular weight is 515 g/mol. The van der Waals surface area contributed by atoms with Gasteiger partial charge in [0.2, 0.25) is 5.95 Å². The maximum absolute atomic E-state index is 13.7. The Hall–Kier alpha value is -4.51. The first kappa shape index (κ1) is 23.9. The van der Waals surface area contributed by atoms with Crippen LogP contribution in [0, 0.1) is 18.7 Å². The van der Waals surface area contributed by atoms with Gasteiger partial charge in [0.15, 0.2) is 11.5 Å². The van der Waals surface area contributed by atoms with Crippen LogP contribution in [0.15, 0.2) is 60.9 Å². The molecule has 5 aromatic rings. The molecule has 1 amide bonds. The predicted octanol–water partition coefficient (Wildman–Crippen LogP) is 4.42. The highest BCUT2D eigenvalue weighted by Gasteiger charge is 2.26. The molecular formula is C27H24F2N8O. The second-order valence-electron chi connectivity index (χ2n) is 9.18. The number of carbonyl (C=O) groups is 1. The van der Waals surface area contributed by atoms with E-state index in [9.17, 15) is 13.6 Å². The van der Waals surface area contributed by atoms with Crippen LogP contribution in [0.5, 0.6) is 0 Å². The van der Waals surface area contributed by atoms with E-state index in [0.29, 0.717) is 11.3 Å². The number of piperidine rings is 1. The third-order valence-electron chi connectivity index (χ3n) is 6.67. The predicted molar refractivity (Wildman–Crippen MR) is 138 cm³/mol. The van der Waals surface area contributed by atoms with Crippen LogP contribution in [-0.4, -0.2) is 48.1 Å². The zero-order chi connectivity index (χ0) is 26.2. The van der Waals surface area contributed by atoms with Crippen molar-refractivity contribution in [2.45, 2.75) is 25.8 Å². The molecule has 9 nitrogen and oxygen atoms in total. The van der Waals surface area contributed by atoms with Gasteiger partial charge in [-0.15, -0.1) is 0 Å². The van der Waals surface area contributed by atoms with E-state index in [-0.39, 0.29) is 23.2 Å². The van der Waals surface area contributed by atoms with Gasteiger partial charge >= 0.3 is 0 Å². The first-order valence-corrected chi connectivity index (χ1v) is 12.3. The molecule has 0 atom stereocenters. The minimum atomic E-state index is -0.739. The summed E-state index contributed by atoms with van der Waals surface area (Å²) in [5.74, 6) is -0.425. The Morgan fingerprint density at radius 2 is 1.84 bits per heavy atom. The van der Waals surface area contributed by atoms with Gasteiger partial charge in [0.05, 0.1) is 17.6 Å². The fraction of sp³-hybridized carbons (Fsp3) is 0.222. The highest BCUT2D eigenvalue weighted by molar-refractivity contribution is 6.03. The highest BCUT2D eigenvalue weighted by atomic mass is 19.1. The number of nitrogens with zero attached hydrogens (tertiary/aromatic N) is 6. The Morgan fingerprint density at radius 3 is 2.61 bits per heavy atom. The van der Waals surface area contributed by atoms with E-state index < -0.39 is 11.9 Å². The third-order valence-corrected chi connectivity index (χ3v) is 6.67. The van der Waals surface area contributed by atoms with E-state index in [1.165, 1.54) is 24.4 Å². The molecule has 1 aromatic carbocycles. The number of nitrogens with one attached hydrogen (secondary N) is 2. The Morgan fingerprint density at radius 1 is 1.05 bits per heavy atom. The van der Waals surface area contributed by atoms with Gasteiger partial charge in [-0.2, -0.15) is 9.49 Å². The first-order valence-electron chi connectivity index (χ1n) is 12.3. The Balaban J connectivity index is 1.41. The van der Waals surface area contributed by atoms with Crippen molar-refractivity contribution in [1.82, 2.24) is 34.4 Å². The maximum atomic E-state index is 13.7. The molecule has 0 spiro atoms. The number of anilines is 1. The van der Waals surface area contributed by atoms with Crippen LogP contribution in [0.3, 0.4) is 0 Å². The number of pyridine rings is 1. The van der Waals surface area contributed by atoms with Gasteiger partial charge in [-0.25, -0.2) is 23.9 Å². The second-order valence-corrected chi connectivity index (χ2v) is 9.18. The zero-order valence-electron chi connectivity index (χ0n) is 20.5. The topological polar surface area (TPSA) is 102 Å². The molecule has 0 unspecified atom stereocenters. The number of aromatic nitrogens is 6. The number of aryl methyl sites for hydroxylation is 1. The van der Waals surface area contributed by atoms with Crippen LogP contribution in [0.1, 0.15) is 35.1 Å². The van der Waals surface area contributed by atoms with E-state index in [2.05, 4.69) is 25.2 Å². The minimum Gasteiger partial charge on any atom is -0.323 e. The Kier molecular flexibility index (Phi) is 6.12. The molecule has 0 saturated carbocycles. The quantitative estimate of drug-likeness (QED) is 0.337. The summed E-state index contributed by atoms with van der Waals surface area (Å²) in [6.45, 7) is 3.79. The van der Waals surface area contributed by atoms with Gasteiger partial charge in [0.1, 0.15) is 17.3 Å². The number of benzene rings is 1. The van der Waals surface area contributed by atoms with Crippen molar-refractivity contribution in [3.8, 4) is 22.6 Å². The SMILES string of the molecule is Cc1nc(-c2ccc(F)cc2)c(-c2ccc3nc(NC(=O)c4ccnc(F)c4)cn3n2)n1C1CCNCC1. The first-order chi connectivity index (χ1) is 18.5. The van der Waals surface area contributed by atoms with Crippen molar-refractivity contribution in [3.05, 3.63) is 84.1 Å². The lowest BCUT2D eigenvalue weighted by atomic mass is 10.0. The van der Waals surface area contributed by atoms with Gasteiger partial charge in [0, 0.05) is 29.4 Å². The molecule has 1 aliphatic heterocycles. The van der Waals surface area contributed by atoms with E-state index >= 15 is 0 Å². The maximum Gasteiger partial charge on any atom is 0.257 e. The highest BCUT2D eigenvalue weighted by Crippen LogP contribution is 2.36. The van der Waals surface area contributed by atoms with Gasteiger partial charge in [-0.05, 0) is 75.3 Å². The summed E-state index contributed by atoms with van der Waals surface area (Å²) in [4.78, 5) is 25.4. The molecule has 0 radical (unpaired) electrons. The van der Waals surface area contributed by atoms with Crippen LogP contribution >= 0.6 is 0 Å². The fourth-order valence-electron chi connectivity index (χ4n) is 4.91. The van der Waals surface area contributed by atoms with Crippen LogP contribution in [0.2, 0.25) is 0 Å². The monoisotopic (exact) mass is 514 g/mol. The number of rotatable bonds is 5. The number of amides is 1. The van der Waals surface area contributed by atoms with E-state index in [4.69, 9.17) is 10.1 Å². The van der Waals surface area contributed by atoms with Crippen molar-refractivity contribution in [2.75, 3.05) is 18.4 Å². The number of carbonyl (C=O) groups excluding carboxylic acids is 1. The molecule has 38 heavy (non-hydrogen) atoms. The van der Waals surface area contributed by atoms with Crippen LogP contribution in [0.4, 0.5) is 14.6 Å². The Labute approximate surface area is 216 Å². The molecule has 2 N–H and O–H groups in total. The summed E-state index contributed by atoms with van der Waals surface area (Å²) in [5, 5.41) is 10.9. The standard InChI is InChI=1S/C27H24F2N8O/c1-16-32-25(17-2-4-19(28)5-3-17)26(37(16)20-9-11-30-12-10-20)21-6-7-24-33-23(15-36(24)35-21)34-27(38)18-8-13-31-22(29)14-18/h2-8,13-15,20,30H,9-12H2,1H3,(H,34,38). The molecule has 1 saturated heterocycles. The average Bonchev–Trinajstić information content (AvgIpc) is 3.49. The molecule has 1 aliphatic rings. The summed E-state index contributed by atoms with van der Waals surface area (Å²) in [5.41, 5.74) is 3.69. The molecule has 0 bridgehead atoms. The summed E-state index contributed by atoms with van der Waals surface area (Å²) in [6.07, 6.45) is 4.73. The number of hydrogen-bond donors (Lipinski definition) is 2. The van der Waals surface area contributed by atoms with Crippen molar-refractivity contribution >= 4 is 17.4 Å². The summed E-state index contributed by atoms with van der Waals surface area (Å²) in [6, 6.07) is 12.7. The van der Waals surface area contributed by atoms with Crippen LogP contribution in [0.25, 0.3) is 28.3 Å². The van der Waals surface area contributed by atoms with Crippen LogP contribution in [-0.2, 0) is 0 Å². The lowest BCUT2D eigenvalue weighted by Crippen LogP contribution is -2.30. The molecule has 6 rings (SSSR count). The van der Waals surface area contributed by atoms with Crippen molar-refractivity contribution in [1.29, 1.82) is 0 Å². The summed E-state index contributed by atoms with van der Waals surface area (Å²) < 4.78 is 30.9. The number of hydrogen-bond acceptors (Lipinski definition) is 6. The molecular weight excluding hydrogens is 490 g/mol. The van der Waals surface area contributed by atoms with Crippen molar-refractivity contribution in [2.24, 2.45) is 0 Å². The molecule has 11 heteroatoms. The fourth-order valence-corrected chi connectivity index (χ4v) is 4.91. The lowest BCUT2D eigenvalue weighted by Gasteiger charge is -2.27. The zero-order valence-corrected chi connectivity index (χ0v) is 20.5. The second kappa shape index (κ2) is 9.75. The molecule has 1 fully saturated rings. The molecule has 4 aromatic heterocycles. The Bertz CT molecular complexity index is 1640. The van der Waals surface area contributed by atoms with E-state index in [1.54, 1.807) is 22.8 Å². The normalized spacial score (nSPS) is 14.2. The van der Waals surface area contributed by atoms with Gasteiger partial charge < -0.3 is 15.2 Å². The molecule has 192 valence electrons. The van der Waals surface area contributed by atoms with Crippen LogP contribution < -0.4 is 10.6 Å². The minimum absolute atomic E-state index is 0.133. The van der Waals surface area contributed by atoms with E-state index in [0.717, 1.165) is 54.8 Å². The molecule has 0 aliphatic carbocycles. The van der Waals surface area contributed by atoms with Gasteiger partial charge in [-0.3, -0.25) is 4.79 Å². The number of fused-ring (bicyclic) bond motifs is 1. The van der Waals surface area contributed by atoms with Crippen molar-refractivity contribution < 1.29 is 13.6 Å². The van der Waals surface area contributed by atoms with E-state index in [1.807, 2.05) is 19.1 Å². The summed E-state index contributed by atoms with van der Waals surface area (Å²) >= 11 is 0. The number of halogens is 2. The summed E-state index contributed by atoms with van der Waals surface area (Å²) in [7, 11) is 0.